The molecule has 7 N–H and O–H groups in total. The van der Waals surface area contributed by atoms with Crippen LogP contribution in [0.1, 0.15) is 85.3 Å². The molecule has 0 aromatic heterocycles. The van der Waals surface area contributed by atoms with E-state index in [0.717, 1.165) is 32.6 Å². The first-order valence-corrected chi connectivity index (χ1v) is 24.4. The van der Waals surface area contributed by atoms with Gasteiger partial charge in [0.05, 0.1) is 12.7 Å². The van der Waals surface area contributed by atoms with Gasteiger partial charge in [-0.15, -0.1) is 0 Å². The predicted molar refractivity (Wildman–Crippen MR) is 254 cm³/mol. The Kier molecular flexibility index (Phi) is 17.5. The van der Waals surface area contributed by atoms with Gasteiger partial charge in [0.2, 0.25) is 11.8 Å². The number of hydrogen-bond donors (Lipinski definition) is 7. The van der Waals surface area contributed by atoms with E-state index in [9.17, 15) is 39.6 Å². The van der Waals surface area contributed by atoms with Crippen molar-refractivity contribution >= 4 is 42.6 Å². The van der Waals surface area contributed by atoms with Crippen LogP contribution in [0.5, 0.6) is 0 Å². The van der Waals surface area contributed by atoms with E-state index in [4.69, 9.17) is 13.9 Å². The SMILES string of the molecule is CC(C)C(NC(=O)OCC1c2ccccc2-c2ccccc21)C(=O)NC(CCC(=O)NC[C@H](O)[C@@H](O)[C@H](O)[C@H](O)CO[Si](c1ccccc1)(c1ccccc1)C(C)(C)C)C(=O)OC(C)(C)C. The van der Waals surface area contributed by atoms with Crippen molar-refractivity contribution < 1.29 is 53.5 Å². The average Bonchev–Trinajstić information content (AvgIpc) is 3.60. The largest absolute Gasteiger partial charge is 0.458 e. The first kappa shape index (κ1) is 51.6. The fraction of sp³-hybridized carbons (Fsp3) is 0.451. The number of carbonyl (C=O) groups is 4. The number of rotatable bonds is 20. The van der Waals surface area contributed by atoms with E-state index in [0.29, 0.717) is 0 Å². The molecule has 5 rings (SSSR count). The molecule has 66 heavy (non-hydrogen) atoms. The second kappa shape index (κ2) is 22.4. The van der Waals surface area contributed by atoms with Crippen LogP contribution in [0.3, 0.4) is 0 Å². The van der Waals surface area contributed by atoms with Gasteiger partial charge in [-0.05, 0) is 70.8 Å². The molecule has 1 aliphatic rings. The number of aliphatic hydroxyl groups is 4. The summed E-state index contributed by atoms with van der Waals surface area (Å²) in [6.07, 6.45) is -8.41. The summed E-state index contributed by atoms with van der Waals surface area (Å²) in [5.74, 6) is -2.78. The van der Waals surface area contributed by atoms with E-state index >= 15 is 0 Å². The summed E-state index contributed by atoms with van der Waals surface area (Å²) in [5, 5.41) is 53.1. The molecule has 0 saturated heterocycles. The normalized spacial score (nSPS) is 15.6. The molecule has 0 spiro atoms. The molecule has 0 saturated carbocycles. The number of fused-ring (bicyclic) bond motifs is 3. The van der Waals surface area contributed by atoms with Gasteiger partial charge in [-0.1, -0.05) is 144 Å². The number of amides is 3. The standard InChI is InChI=1S/C51H67N3O11Si/c1-32(2)44(54-49(62)63-30-39-37-25-17-15-23-35(37)36-24-16-18-26-38(36)39)47(60)53-40(48(61)65-50(3,4)5)27-28-43(57)52-29-41(55)45(58)46(59)42(56)31-64-66(51(6,7)8,33-19-11-9-12-20-33)34-21-13-10-14-22-34/h9-26,32,39-42,44-46,55-56,58-59H,27-31H2,1-8H3,(H,52,57)(H,53,60)(H,54,62)/t40?,41-,42+,44?,45+,46+/m0/s1. The number of alkyl carbamates (subject to hydrolysis) is 1. The number of esters is 1. The van der Waals surface area contributed by atoms with Crippen molar-refractivity contribution in [3.63, 3.8) is 0 Å². The smallest absolute Gasteiger partial charge is 0.407 e. The number of hydrogen-bond acceptors (Lipinski definition) is 11. The van der Waals surface area contributed by atoms with Gasteiger partial charge in [0.25, 0.3) is 8.32 Å². The third kappa shape index (κ3) is 12.7. The highest BCUT2D eigenvalue weighted by Gasteiger charge is 2.51. The molecule has 0 bridgehead atoms. The fourth-order valence-electron chi connectivity index (χ4n) is 8.41. The zero-order valence-corrected chi connectivity index (χ0v) is 40.2. The second-order valence-electron chi connectivity index (χ2n) is 19.2. The lowest BCUT2D eigenvalue weighted by atomic mass is 9.98. The van der Waals surface area contributed by atoms with Crippen molar-refractivity contribution in [2.24, 2.45) is 5.92 Å². The van der Waals surface area contributed by atoms with Crippen LogP contribution in [0.4, 0.5) is 4.79 Å². The highest BCUT2D eigenvalue weighted by Crippen LogP contribution is 2.44. The summed E-state index contributed by atoms with van der Waals surface area (Å²) < 4.78 is 17.9. The van der Waals surface area contributed by atoms with Gasteiger partial charge in [-0.2, -0.15) is 0 Å². The molecule has 4 aromatic rings. The van der Waals surface area contributed by atoms with E-state index in [2.05, 4.69) is 36.7 Å². The van der Waals surface area contributed by atoms with E-state index in [1.54, 1.807) is 34.6 Å². The Hall–Kier alpha value is -5.42. The van der Waals surface area contributed by atoms with E-state index in [-0.39, 0.29) is 32.0 Å². The van der Waals surface area contributed by atoms with Crippen molar-refractivity contribution in [1.82, 2.24) is 16.0 Å². The first-order valence-electron chi connectivity index (χ1n) is 22.5. The Morgan fingerprint density at radius 3 is 1.68 bits per heavy atom. The minimum Gasteiger partial charge on any atom is -0.458 e. The molecule has 0 aliphatic heterocycles. The zero-order chi connectivity index (χ0) is 48.4. The molecule has 15 heteroatoms. The van der Waals surface area contributed by atoms with Crippen LogP contribution in [0, 0.1) is 5.92 Å². The highest BCUT2D eigenvalue weighted by molar-refractivity contribution is 6.99. The van der Waals surface area contributed by atoms with E-state index in [1.807, 2.05) is 109 Å². The lowest BCUT2D eigenvalue weighted by Gasteiger charge is -2.43. The van der Waals surface area contributed by atoms with Crippen molar-refractivity contribution in [3.8, 4) is 11.1 Å². The van der Waals surface area contributed by atoms with Crippen molar-refractivity contribution in [1.29, 1.82) is 0 Å². The first-order chi connectivity index (χ1) is 31.1. The minimum atomic E-state index is -3.10. The molecule has 1 aliphatic carbocycles. The van der Waals surface area contributed by atoms with E-state index in [1.165, 1.54) is 0 Å². The molecule has 0 radical (unpaired) electrons. The molecule has 356 valence electrons. The number of aliphatic hydroxyl groups excluding tert-OH is 4. The van der Waals surface area contributed by atoms with Crippen LogP contribution >= 0.6 is 0 Å². The number of benzene rings is 4. The molecule has 3 amide bonds. The number of ether oxygens (including phenoxy) is 2. The maximum atomic E-state index is 13.7. The van der Waals surface area contributed by atoms with Gasteiger partial charge >= 0.3 is 12.1 Å². The predicted octanol–water partition coefficient (Wildman–Crippen LogP) is 4.29. The summed E-state index contributed by atoms with van der Waals surface area (Å²) >= 11 is 0. The highest BCUT2D eigenvalue weighted by atomic mass is 28.4. The zero-order valence-electron chi connectivity index (χ0n) is 39.2. The van der Waals surface area contributed by atoms with E-state index < -0.39 is 91.8 Å². The maximum absolute atomic E-state index is 13.7. The van der Waals surface area contributed by atoms with Crippen molar-refractivity contribution in [3.05, 3.63) is 120 Å². The fourth-order valence-corrected chi connectivity index (χ4v) is 13.0. The van der Waals surface area contributed by atoms with Gasteiger partial charge < -0.3 is 50.3 Å². The minimum absolute atomic E-state index is 0.0324. The van der Waals surface area contributed by atoms with Gasteiger partial charge in [0, 0.05) is 18.9 Å². The Balaban J connectivity index is 1.16. The second-order valence-corrected chi connectivity index (χ2v) is 23.5. The molecule has 4 aromatic carbocycles. The van der Waals surface area contributed by atoms with Crippen molar-refractivity contribution in [2.75, 3.05) is 19.8 Å². The maximum Gasteiger partial charge on any atom is 0.407 e. The van der Waals surface area contributed by atoms with Crippen LogP contribution < -0.4 is 26.3 Å². The van der Waals surface area contributed by atoms with Crippen LogP contribution in [0.15, 0.2) is 109 Å². The van der Waals surface area contributed by atoms with Crippen molar-refractivity contribution in [2.45, 2.75) is 121 Å². The molecule has 0 fully saturated rings. The summed E-state index contributed by atoms with van der Waals surface area (Å²) in [4.78, 5) is 53.4. The lowest BCUT2D eigenvalue weighted by Crippen LogP contribution is -2.67. The Morgan fingerprint density at radius 1 is 0.682 bits per heavy atom. The van der Waals surface area contributed by atoms with Gasteiger partial charge in [0.1, 0.15) is 42.6 Å². The Morgan fingerprint density at radius 2 is 1.18 bits per heavy atom. The van der Waals surface area contributed by atoms with Crippen LogP contribution in [-0.4, -0.2) is 114 Å². The van der Waals surface area contributed by atoms with Gasteiger partial charge in [-0.25, -0.2) is 9.59 Å². The van der Waals surface area contributed by atoms with Gasteiger partial charge in [0.15, 0.2) is 0 Å². The third-order valence-corrected chi connectivity index (χ3v) is 16.8. The topological polar surface area (TPSA) is 213 Å². The third-order valence-electron chi connectivity index (χ3n) is 11.8. The summed E-state index contributed by atoms with van der Waals surface area (Å²) in [6.45, 7) is 13.8. The quantitative estimate of drug-likeness (QED) is 0.0491. The molecule has 14 nitrogen and oxygen atoms in total. The summed E-state index contributed by atoms with van der Waals surface area (Å²) in [6, 6.07) is 32.8. The molecule has 2 unspecified atom stereocenters. The van der Waals surface area contributed by atoms with Crippen LogP contribution in [-0.2, 0) is 28.3 Å². The molecule has 0 heterocycles. The Labute approximate surface area is 389 Å². The molecular formula is C51H67N3O11Si. The Bertz CT molecular complexity index is 2160. The summed E-state index contributed by atoms with van der Waals surface area (Å²) in [5.41, 5.74) is 3.27. The monoisotopic (exact) mass is 925 g/mol. The lowest BCUT2D eigenvalue weighted by molar-refractivity contribution is -0.159. The summed E-state index contributed by atoms with van der Waals surface area (Å²) in [7, 11) is -3.10. The number of carbonyl (C=O) groups excluding carboxylic acids is 4. The van der Waals surface area contributed by atoms with Crippen LogP contribution in [0.2, 0.25) is 5.04 Å². The molecular weight excluding hydrogens is 859 g/mol. The van der Waals surface area contributed by atoms with Gasteiger partial charge in [-0.3, -0.25) is 9.59 Å². The molecule has 6 atom stereocenters. The average molecular weight is 926 g/mol. The van der Waals surface area contributed by atoms with Crippen LogP contribution in [0.25, 0.3) is 11.1 Å². The number of nitrogens with one attached hydrogen (secondary N) is 3.